The lowest BCUT2D eigenvalue weighted by Gasteiger charge is -1.98. The first-order valence-corrected chi connectivity index (χ1v) is 5.38. The molecule has 0 bridgehead atoms. The molecule has 0 N–H and O–H groups in total. The molecule has 0 radical (unpaired) electrons. The van der Waals surface area contributed by atoms with Crippen molar-refractivity contribution in [2.24, 2.45) is 0 Å². The quantitative estimate of drug-likeness (QED) is 0.757. The molecular formula is C14H13NO2. The minimum atomic E-state index is -0.233. The number of pyridine rings is 1. The fourth-order valence-electron chi connectivity index (χ4n) is 1.57. The SMILES string of the molecule is COC(=O)CC=Cc1ccc2ncccc2c1. The van der Waals surface area contributed by atoms with Crippen LogP contribution in [0.25, 0.3) is 17.0 Å². The summed E-state index contributed by atoms with van der Waals surface area (Å²) in [6, 6.07) is 9.90. The number of rotatable bonds is 3. The molecule has 0 fully saturated rings. The van der Waals surface area contributed by atoms with Gasteiger partial charge in [0.1, 0.15) is 0 Å². The molecule has 0 saturated carbocycles. The van der Waals surface area contributed by atoms with Crippen LogP contribution in [0.4, 0.5) is 0 Å². The number of carbonyl (C=O) groups excluding carboxylic acids is 1. The molecule has 1 heterocycles. The van der Waals surface area contributed by atoms with Crippen molar-refractivity contribution >= 4 is 22.9 Å². The van der Waals surface area contributed by atoms with E-state index >= 15 is 0 Å². The first kappa shape index (κ1) is 11.3. The van der Waals surface area contributed by atoms with Gasteiger partial charge in [0.2, 0.25) is 0 Å². The van der Waals surface area contributed by atoms with Gasteiger partial charge in [0.05, 0.1) is 19.0 Å². The molecule has 0 aliphatic rings. The first-order valence-electron chi connectivity index (χ1n) is 5.38. The Morgan fingerprint density at radius 2 is 2.29 bits per heavy atom. The van der Waals surface area contributed by atoms with Gasteiger partial charge in [0, 0.05) is 11.6 Å². The zero-order chi connectivity index (χ0) is 12.1. The van der Waals surface area contributed by atoms with Gasteiger partial charge in [-0.3, -0.25) is 9.78 Å². The number of nitrogens with zero attached hydrogens (tertiary/aromatic N) is 1. The monoisotopic (exact) mass is 227 g/mol. The Morgan fingerprint density at radius 3 is 3.12 bits per heavy atom. The van der Waals surface area contributed by atoms with Crippen molar-refractivity contribution in [1.82, 2.24) is 4.98 Å². The Balaban J connectivity index is 2.16. The van der Waals surface area contributed by atoms with Gasteiger partial charge >= 0.3 is 5.97 Å². The largest absolute Gasteiger partial charge is 0.469 e. The van der Waals surface area contributed by atoms with E-state index in [-0.39, 0.29) is 5.97 Å². The molecule has 0 aliphatic carbocycles. The van der Waals surface area contributed by atoms with Gasteiger partial charge in [-0.2, -0.15) is 0 Å². The smallest absolute Gasteiger partial charge is 0.309 e. The first-order chi connectivity index (χ1) is 8.29. The minimum absolute atomic E-state index is 0.233. The Bertz CT molecular complexity index is 561. The average molecular weight is 227 g/mol. The van der Waals surface area contributed by atoms with Crippen LogP contribution >= 0.6 is 0 Å². The highest BCUT2D eigenvalue weighted by Crippen LogP contribution is 2.14. The number of aromatic nitrogens is 1. The molecule has 0 spiro atoms. The van der Waals surface area contributed by atoms with Crippen LogP contribution in [0.5, 0.6) is 0 Å². The number of hydrogen-bond donors (Lipinski definition) is 0. The molecule has 0 aliphatic heterocycles. The van der Waals surface area contributed by atoms with Crippen LogP contribution in [0.1, 0.15) is 12.0 Å². The summed E-state index contributed by atoms with van der Waals surface area (Å²) in [6.07, 6.45) is 5.77. The van der Waals surface area contributed by atoms with Gasteiger partial charge in [-0.1, -0.05) is 24.3 Å². The number of carbonyl (C=O) groups is 1. The molecule has 0 unspecified atom stereocenters. The van der Waals surface area contributed by atoms with E-state index in [1.54, 1.807) is 12.3 Å². The van der Waals surface area contributed by atoms with Gasteiger partial charge in [-0.05, 0) is 23.8 Å². The third-order valence-corrected chi connectivity index (χ3v) is 2.45. The van der Waals surface area contributed by atoms with Crippen molar-refractivity contribution in [3.05, 3.63) is 48.2 Å². The van der Waals surface area contributed by atoms with Gasteiger partial charge in [-0.15, -0.1) is 0 Å². The van der Waals surface area contributed by atoms with Crippen molar-refractivity contribution in [3.63, 3.8) is 0 Å². The summed E-state index contributed by atoms with van der Waals surface area (Å²) < 4.78 is 4.56. The highest BCUT2D eigenvalue weighted by atomic mass is 16.5. The maximum atomic E-state index is 10.9. The predicted molar refractivity (Wildman–Crippen MR) is 67.4 cm³/mol. The third kappa shape index (κ3) is 2.91. The van der Waals surface area contributed by atoms with Gasteiger partial charge in [0.15, 0.2) is 0 Å². The number of hydrogen-bond acceptors (Lipinski definition) is 3. The molecule has 0 saturated heterocycles. The predicted octanol–water partition coefficient (Wildman–Crippen LogP) is 2.81. The van der Waals surface area contributed by atoms with Crippen LogP contribution in [0, 0.1) is 0 Å². The molecule has 17 heavy (non-hydrogen) atoms. The average Bonchev–Trinajstić information content (AvgIpc) is 2.38. The summed E-state index contributed by atoms with van der Waals surface area (Å²) in [5, 5.41) is 1.09. The number of methoxy groups -OCH3 is 1. The highest BCUT2D eigenvalue weighted by Gasteiger charge is 1.96. The van der Waals surface area contributed by atoms with Crippen LogP contribution < -0.4 is 0 Å². The van der Waals surface area contributed by atoms with Gasteiger partial charge in [-0.25, -0.2) is 0 Å². The van der Waals surface area contributed by atoms with E-state index in [1.165, 1.54) is 7.11 Å². The van der Waals surface area contributed by atoms with Gasteiger partial charge in [0.25, 0.3) is 0 Å². The third-order valence-electron chi connectivity index (χ3n) is 2.45. The van der Waals surface area contributed by atoms with Crippen molar-refractivity contribution < 1.29 is 9.53 Å². The summed E-state index contributed by atoms with van der Waals surface area (Å²) in [4.78, 5) is 15.2. The Labute approximate surface area is 99.7 Å². The van der Waals surface area contributed by atoms with Crippen LogP contribution in [-0.2, 0) is 9.53 Å². The fraction of sp³-hybridized carbons (Fsp3) is 0.143. The van der Waals surface area contributed by atoms with Crippen molar-refractivity contribution in [3.8, 4) is 0 Å². The molecule has 0 atom stereocenters. The summed E-state index contributed by atoms with van der Waals surface area (Å²) in [6.45, 7) is 0. The molecule has 2 aromatic rings. The van der Waals surface area contributed by atoms with Crippen LogP contribution in [0.3, 0.4) is 0 Å². The van der Waals surface area contributed by atoms with E-state index in [1.807, 2.05) is 36.4 Å². The summed E-state index contributed by atoms with van der Waals surface area (Å²) in [5.74, 6) is -0.233. The number of esters is 1. The maximum absolute atomic E-state index is 10.9. The zero-order valence-corrected chi connectivity index (χ0v) is 9.59. The minimum Gasteiger partial charge on any atom is -0.469 e. The highest BCUT2D eigenvalue weighted by molar-refractivity contribution is 5.81. The van der Waals surface area contributed by atoms with Crippen molar-refractivity contribution in [1.29, 1.82) is 0 Å². The van der Waals surface area contributed by atoms with Crippen LogP contribution in [0.15, 0.2) is 42.6 Å². The lowest BCUT2D eigenvalue weighted by molar-refractivity contribution is -0.139. The Morgan fingerprint density at radius 1 is 1.41 bits per heavy atom. The molecule has 86 valence electrons. The zero-order valence-electron chi connectivity index (χ0n) is 9.59. The van der Waals surface area contributed by atoms with Crippen molar-refractivity contribution in [2.75, 3.05) is 7.11 Å². The fourth-order valence-corrected chi connectivity index (χ4v) is 1.57. The van der Waals surface area contributed by atoms with E-state index in [0.717, 1.165) is 16.5 Å². The Kier molecular flexibility index (Phi) is 3.50. The second kappa shape index (κ2) is 5.25. The molecule has 2 rings (SSSR count). The van der Waals surface area contributed by atoms with E-state index in [2.05, 4.69) is 9.72 Å². The molecule has 3 nitrogen and oxygen atoms in total. The Hall–Kier alpha value is -2.16. The van der Waals surface area contributed by atoms with E-state index < -0.39 is 0 Å². The summed E-state index contributed by atoms with van der Waals surface area (Å²) in [7, 11) is 1.39. The van der Waals surface area contributed by atoms with Gasteiger partial charge < -0.3 is 4.74 Å². The molecule has 3 heteroatoms. The van der Waals surface area contributed by atoms with E-state index in [4.69, 9.17) is 0 Å². The number of benzene rings is 1. The number of ether oxygens (including phenoxy) is 1. The standard InChI is InChI=1S/C14H13NO2/c1-17-14(16)6-2-4-11-7-8-13-12(10-11)5-3-9-15-13/h2-5,7-10H,6H2,1H3. The van der Waals surface area contributed by atoms with Crippen molar-refractivity contribution in [2.45, 2.75) is 6.42 Å². The molecular weight excluding hydrogens is 214 g/mol. The lowest BCUT2D eigenvalue weighted by Crippen LogP contribution is -1.96. The molecule has 0 amide bonds. The summed E-state index contributed by atoms with van der Waals surface area (Å²) in [5.41, 5.74) is 2.02. The second-order valence-corrected chi connectivity index (χ2v) is 3.64. The second-order valence-electron chi connectivity index (χ2n) is 3.64. The maximum Gasteiger partial charge on any atom is 0.309 e. The van der Waals surface area contributed by atoms with Crippen LogP contribution in [0.2, 0.25) is 0 Å². The van der Waals surface area contributed by atoms with Crippen LogP contribution in [-0.4, -0.2) is 18.1 Å². The van der Waals surface area contributed by atoms with E-state index in [0.29, 0.717) is 6.42 Å². The topological polar surface area (TPSA) is 39.2 Å². The lowest BCUT2D eigenvalue weighted by atomic mass is 10.1. The molecule has 1 aromatic carbocycles. The van der Waals surface area contributed by atoms with E-state index in [9.17, 15) is 4.79 Å². The molecule has 1 aromatic heterocycles. The normalized spacial score (nSPS) is 10.9. The summed E-state index contributed by atoms with van der Waals surface area (Å²) >= 11 is 0. The number of fused-ring (bicyclic) bond motifs is 1.